The van der Waals surface area contributed by atoms with Gasteiger partial charge in [0.1, 0.15) is 0 Å². The van der Waals surface area contributed by atoms with Crippen molar-refractivity contribution >= 4 is 5.91 Å². The van der Waals surface area contributed by atoms with Crippen molar-refractivity contribution in [2.45, 2.75) is 12.8 Å². The summed E-state index contributed by atoms with van der Waals surface area (Å²) in [6, 6.07) is 0. The lowest BCUT2D eigenvalue weighted by Gasteiger charge is -2.18. The Kier molecular flexibility index (Phi) is 4.35. The molecule has 0 bridgehead atoms. The van der Waals surface area contributed by atoms with Crippen LogP contribution in [0.25, 0.3) is 0 Å². The van der Waals surface area contributed by atoms with Crippen molar-refractivity contribution in [1.29, 1.82) is 0 Å². The van der Waals surface area contributed by atoms with Crippen LogP contribution >= 0.6 is 0 Å². The van der Waals surface area contributed by atoms with Gasteiger partial charge in [0.2, 0.25) is 5.91 Å². The summed E-state index contributed by atoms with van der Waals surface area (Å²) in [5.41, 5.74) is 5.51. The lowest BCUT2D eigenvalue weighted by Crippen LogP contribution is -2.35. The van der Waals surface area contributed by atoms with E-state index < -0.39 is 0 Å². The summed E-state index contributed by atoms with van der Waals surface area (Å²) in [4.78, 5) is 15.3. The van der Waals surface area contributed by atoms with Gasteiger partial charge in [0.15, 0.2) is 0 Å². The van der Waals surface area contributed by atoms with Gasteiger partial charge in [0, 0.05) is 20.6 Å². The minimum atomic E-state index is 0.193. The van der Waals surface area contributed by atoms with E-state index in [2.05, 4.69) is 4.90 Å². The summed E-state index contributed by atoms with van der Waals surface area (Å²) in [5.74, 6) is 0.897. The average Bonchev–Trinajstić information content (AvgIpc) is 2.53. The topological polar surface area (TPSA) is 49.6 Å². The van der Waals surface area contributed by atoms with Crippen molar-refractivity contribution in [2.75, 3.05) is 40.3 Å². The number of likely N-dealkylation sites (tertiary alicyclic amines) is 1. The first kappa shape index (κ1) is 11.5. The van der Waals surface area contributed by atoms with Crippen molar-refractivity contribution in [3.05, 3.63) is 0 Å². The highest BCUT2D eigenvalue weighted by Gasteiger charge is 2.23. The maximum atomic E-state index is 11.4. The number of nitrogens with two attached hydrogens (primary N) is 1. The summed E-state index contributed by atoms with van der Waals surface area (Å²) in [6.45, 7) is 3.41. The van der Waals surface area contributed by atoms with Crippen LogP contribution in [0, 0.1) is 5.92 Å². The maximum absolute atomic E-state index is 11.4. The number of hydrogen-bond donors (Lipinski definition) is 1. The number of nitrogens with zero attached hydrogens (tertiary/aromatic N) is 2. The largest absolute Gasteiger partial charge is 0.348 e. The Morgan fingerprint density at radius 2 is 2.29 bits per heavy atom. The van der Waals surface area contributed by atoms with E-state index in [9.17, 15) is 4.79 Å². The summed E-state index contributed by atoms with van der Waals surface area (Å²) in [5, 5.41) is 0. The Morgan fingerprint density at radius 1 is 1.57 bits per heavy atom. The van der Waals surface area contributed by atoms with Crippen LogP contribution in [0.15, 0.2) is 0 Å². The predicted octanol–water partition coefficient (Wildman–Crippen LogP) is -0.255. The molecule has 1 aliphatic heterocycles. The molecular formula is C10H21N3O. The average molecular weight is 199 g/mol. The number of rotatable bonds is 4. The second-order valence-corrected chi connectivity index (χ2v) is 4.26. The maximum Gasteiger partial charge on any atom is 0.236 e. The van der Waals surface area contributed by atoms with E-state index in [1.807, 2.05) is 0 Å². The fourth-order valence-corrected chi connectivity index (χ4v) is 1.86. The highest BCUT2D eigenvalue weighted by Crippen LogP contribution is 2.18. The lowest BCUT2D eigenvalue weighted by molar-refractivity contribution is -0.129. The van der Waals surface area contributed by atoms with E-state index in [-0.39, 0.29) is 5.91 Å². The molecule has 0 aromatic heterocycles. The monoisotopic (exact) mass is 199 g/mol. The van der Waals surface area contributed by atoms with E-state index in [1.165, 1.54) is 6.42 Å². The van der Waals surface area contributed by atoms with Crippen LogP contribution in [-0.2, 0) is 4.79 Å². The van der Waals surface area contributed by atoms with Gasteiger partial charge in [0.25, 0.3) is 0 Å². The Bertz CT molecular complexity index is 194. The molecule has 1 saturated heterocycles. The van der Waals surface area contributed by atoms with Crippen molar-refractivity contribution in [2.24, 2.45) is 11.7 Å². The molecule has 1 rings (SSSR count). The third kappa shape index (κ3) is 3.27. The molecule has 4 heteroatoms. The van der Waals surface area contributed by atoms with E-state index in [0.717, 1.165) is 26.1 Å². The molecule has 2 N–H and O–H groups in total. The molecule has 1 fully saturated rings. The van der Waals surface area contributed by atoms with Crippen LogP contribution in [0.1, 0.15) is 12.8 Å². The highest BCUT2D eigenvalue weighted by molar-refractivity contribution is 5.77. The first-order chi connectivity index (χ1) is 6.63. The minimum Gasteiger partial charge on any atom is -0.348 e. The van der Waals surface area contributed by atoms with E-state index >= 15 is 0 Å². The molecule has 82 valence electrons. The summed E-state index contributed by atoms with van der Waals surface area (Å²) in [7, 11) is 3.60. The zero-order valence-electron chi connectivity index (χ0n) is 9.20. The van der Waals surface area contributed by atoms with Gasteiger partial charge < -0.3 is 10.6 Å². The molecule has 1 amide bonds. The Morgan fingerprint density at radius 3 is 2.86 bits per heavy atom. The molecule has 1 heterocycles. The van der Waals surface area contributed by atoms with Gasteiger partial charge in [0.05, 0.1) is 6.54 Å². The number of amides is 1. The van der Waals surface area contributed by atoms with Gasteiger partial charge in [-0.3, -0.25) is 9.69 Å². The molecule has 1 aliphatic rings. The van der Waals surface area contributed by atoms with Gasteiger partial charge in [-0.05, 0) is 31.8 Å². The molecular weight excluding hydrogens is 178 g/mol. The Hall–Kier alpha value is -0.610. The predicted molar refractivity (Wildman–Crippen MR) is 56.9 cm³/mol. The molecule has 0 saturated carbocycles. The van der Waals surface area contributed by atoms with E-state index in [1.54, 1.807) is 19.0 Å². The summed E-state index contributed by atoms with van der Waals surface area (Å²) in [6.07, 6.45) is 2.28. The van der Waals surface area contributed by atoms with Crippen LogP contribution < -0.4 is 5.73 Å². The molecule has 1 atom stereocenters. The number of carbonyl (C=O) groups excluding carboxylic acids is 1. The summed E-state index contributed by atoms with van der Waals surface area (Å²) < 4.78 is 0. The quantitative estimate of drug-likeness (QED) is 0.679. The first-order valence-corrected chi connectivity index (χ1v) is 5.26. The lowest BCUT2D eigenvalue weighted by atomic mass is 10.1. The molecule has 0 aliphatic carbocycles. The third-order valence-electron chi connectivity index (χ3n) is 2.80. The normalized spacial score (nSPS) is 22.6. The molecule has 1 unspecified atom stereocenters. The molecule has 0 radical (unpaired) electrons. The van der Waals surface area contributed by atoms with Crippen LogP contribution in [0.5, 0.6) is 0 Å². The van der Waals surface area contributed by atoms with Crippen molar-refractivity contribution in [3.8, 4) is 0 Å². The molecule has 4 nitrogen and oxygen atoms in total. The van der Waals surface area contributed by atoms with Crippen molar-refractivity contribution < 1.29 is 4.79 Å². The SMILES string of the molecule is CN(C)C(=O)CN1CCC(CCN)C1. The second kappa shape index (κ2) is 5.32. The van der Waals surface area contributed by atoms with Gasteiger partial charge in [-0.15, -0.1) is 0 Å². The number of hydrogen-bond acceptors (Lipinski definition) is 3. The standard InChI is InChI=1S/C10H21N3O/c1-12(2)10(14)8-13-6-4-9(7-13)3-5-11/h9H,3-8,11H2,1-2H3. The van der Waals surface area contributed by atoms with Crippen LogP contribution in [0.4, 0.5) is 0 Å². The highest BCUT2D eigenvalue weighted by atomic mass is 16.2. The van der Waals surface area contributed by atoms with Gasteiger partial charge in [-0.2, -0.15) is 0 Å². The van der Waals surface area contributed by atoms with Crippen LogP contribution in [0.3, 0.4) is 0 Å². The molecule has 14 heavy (non-hydrogen) atoms. The van der Waals surface area contributed by atoms with Crippen LogP contribution in [-0.4, -0.2) is 56.0 Å². The molecule has 0 aromatic rings. The van der Waals surface area contributed by atoms with E-state index in [4.69, 9.17) is 5.73 Å². The smallest absolute Gasteiger partial charge is 0.236 e. The zero-order chi connectivity index (χ0) is 10.6. The van der Waals surface area contributed by atoms with Crippen molar-refractivity contribution in [3.63, 3.8) is 0 Å². The zero-order valence-corrected chi connectivity index (χ0v) is 9.20. The third-order valence-corrected chi connectivity index (χ3v) is 2.80. The fraction of sp³-hybridized carbons (Fsp3) is 0.900. The summed E-state index contributed by atoms with van der Waals surface area (Å²) >= 11 is 0. The Balaban J connectivity index is 2.25. The van der Waals surface area contributed by atoms with E-state index in [0.29, 0.717) is 12.5 Å². The van der Waals surface area contributed by atoms with Gasteiger partial charge >= 0.3 is 0 Å². The van der Waals surface area contributed by atoms with Gasteiger partial charge in [-0.1, -0.05) is 0 Å². The van der Waals surface area contributed by atoms with Crippen LogP contribution in [0.2, 0.25) is 0 Å². The second-order valence-electron chi connectivity index (χ2n) is 4.26. The molecule has 0 aromatic carbocycles. The Labute approximate surface area is 86.0 Å². The van der Waals surface area contributed by atoms with Gasteiger partial charge in [-0.25, -0.2) is 0 Å². The first-order valence-electron chi connectivity index (χ1n) is 5.26. The fourth-order valence-electron chi connectivity index (χ4n) is 1.86. The molecule has 0 spiro atoms. The number of likely N-dealkylation sites (N-methyl/N-ethyl adjacent to an activating group) is 1. The number of carbonyl (C=O) groups is 1. The minimum absolute atomic E-state index is 0.193. The van der Waals surface area contributed by atoms with Crippen molar-refractivity contribution in [1.82, 2.24) is 9.80 Å².